The number of carbonyl (C=O) groups is 10. The van der Waals surface area contributed by atoms with Gasteiger partial charge in [0.25, 0.3) is 0 Å². The second-order valence-corrected chi connectivity index (χ2v) is 51.0. The molecule has 0 aromatic carbocycles. The fraction of sp³-hybridized carbons (Fsp3) is 0.916. The van der Waals surface area contributed by atoms with Crippen LogP contribution in [0.5, 0.6) is 0 Å². The normalized spacial score (nSPS) is 19.4. The number of hydrogen-bond acceptors (Lipinski definition) is 18. The van der Waals surface area contributed by atoms with Crippen molar-refractivity contribution >= 4 is 59.4 Å². The Labute approximate surface area is 868 Å². The highest BCUT2D eigenvalue weighted by molar-refractivity contribution is 5.82. The van der Waals surface area contributed by atoms with Gasteiger partial charge in [0.1, 0.15) is 30.5 Å². The van der Waals surface area contributed by atoms with Crippen LogP contribution in [0, 0.1) is 0 Å². The molecule has 5 aliphatic heterocycles. The van der Waals surface area contributed by atoms with E-state index in [9.17, 15) is 24.0 Å². The summed E-state index contributed by atoms with van der Waals surface area (Å²) < 4.78 is 33.0. The van der Waals surface area contributed by atoms with Crippen LogP contribution >= 0.6 is 0 Å². The van der Waals surface area contributed by atoms with Crippen molar-refractivity contribution in [2.24, 2.45) is 0 Å². The minimum Gasteiger partial charge on any atom is -0.461 e. The molecule has 0 saturated carbocycles. The molecular formula is C119H218N8O15. The smallest absolute Gasteiger partial charge is 0.320 e. The van der Waals surface area contributed by atoms with Gasteiger partial charge in [0.2, 0.25) is 29.5 Å². The number of likely N-dealkylation sites (tertiary alicyclic amines) is 5. The van der Waals surface area contributed by atoms with Crippen LogP contribution in [0.25, 0.3) is 0 Å². The first kappa shape index (κ1) is 127. The van der Waals surface area contributed by atoms with Gasteiger partial charge in [-0.05, 0) is 171 Å². The van der Waals surface area contributed by atoms with Crippen molar-refractivity contribution in [1.82, 2.24) is 39.2 Å². The van der Waals surface area contributed by atoms with Gasteiger partial charge in [-0.2, -0.15) is 0 Å². The Morgan fingerprint density at radius 3 is 0.430 bits per heavy atom. The maximum absolute atomic E-state index is 15.4. The largest absolute Gasteiger partial charge is 0.461 e. The number of amides is 5. The van der Waals surface area contributed by atoms with Gasteiger partial charge < -0.3 is 48.2 Å². The number of piperidine rings is 5. The van der Waals surface area contributed by atoms with Crippen LogP contribution in [0.4, 0.5) is 0 Å². The molecule has 824 valence electrons. The first-order chi connectivity index (χ1) is 66.8. The van der Waals surface area contributed by atoms with Gasteiger partial charge >= 0.3 is 29.8 Å². The number of nitrogens with zero attached hydrogens (tertiary/aromatic N) is 8. The Bertz CT molecular complexity index is 3240. The molecule has 5 amide bonds. The van der Waals surface area contributed by atoms with Crippen LogP contribution in [0.2, 0.25) is 0 Å². The highest BCUT2D eigenvalue weighted by atomic mass is 16.6. The van der Waals surface area contributed by atoms with Crippen LogP contribution in [0.3, 0.4) is 0 Å². The minimum atomic E-state index is -0.687. The van der Waals surface area contributed by atoms with Gasteiger partial charge in [-0.25, -0.2) is 0 Å². The Kier molecular flexibility index (Phi) is 56.3. The summed E-state index contributed by atoms with van der Waals surface area (Å²) in [4.78, 5) is 164. The molecule has 23 heteroatoms. The number of unbranched alkanes of at least 4 members (excludes halogenated alkanes) is 40. The highest BCUT2D eigenvalue weighted by Gasteiger charge is 2.55. The molecule has 0 bridgehead atoms. The van der Waals surface area contributed by atoms with Gasteiger partial charge in [0.05, 0.1) is 32.7 Å². The average Bonchev–Trinajstić information content (AvgIpc) is 0.780. The molecule has 0 atom stereocenters. The van der Waals surface area contributed by atoms with E-state index in [0.717, 1.165) is 96.3 Å². The fourth-order valence-corrected chi connectivity index (χ4v) is 26.5. The lowest BCUT2D eigenvalue weighted by Crippen LogP contribution is -2.64. The van der Waals surface area contributed by atoms with Gasteiger partial charge in [0, 0.05) is 178 Å². The molecule has 0 radical (unpaired) electrons. The lowest BCUT2D eigenvalue weighted by atomic mass is 9.77. The summed E-state index contributed by atoms with van der Waals surface area (Å²) in [6.07, 6.45) is 54.6. The van der Waals surface area contributed by atoms with E-state index in [2.05, 4.69) is 62.3 Å². The molecular weight excluding hydrogens is 1780 g/mol. The van der Waals surface area contributed by atoms with E-state index >= 15 is 24.0 Å². The van der Waals surface area contributed by atoms with Crippen LogP contribution < -0.4 is 0 Å². The molecule has 0 spiro atoms. The Hall–Kier alpha value is -5.42. The molecule has 0 N–H and O–H groups in total. The van der Waals surface area contributed by atoms with Crippen molar-refractivity contribution in [2.75, 3.05) is 58.9 Å². The van der Waals surface area contributed by atoms with Crippen LogP contribution in [-0.2, 0) is 71.6 Å². The van der Waals surface area contributed by atoms with E-state index in [1.54, 1.807) is 9.80 Å². The summed E-state index contributed by atoms with van der Waals surface area (Å²) in [6, 6.07) is 0. The monoisotopic (exact) mass is 2000 g/mol. The lowest BCUT2D eigenvalue weighted by Gasteiger charge is -2.55. The van der Waals surface area contributed by atoms with Gasteiger partial charge in [-0.15, -0.1) is 0 Å². The van der Waals surface area contributed by atoms with Crippen LogP contribution in [-0.4, -0.2) is 243 Å². The molecule has 0 aliphatic carbocycles. The molecule has 5 aliphatic rings. The van der Waals surface area contributed by atoms with E-state index in [1.165, 1.54) is 193 Å². The summed E-state index contributed by atoms with van der Waals surface area (Å²) in [6.45, 7) is 50.7. The summed E-state index contributed by atoms with van der Waals surface area (Å²) >= 11 is 0. The maximum atomic E-state index is 15.4. The van der Waals surface area contributed by atoms with Gasteiger partial charge in [-0.3, -0.25) is 62.6 Å². The molecule has 0 aromatic rings. The van der Waals surface area contributed by atoms with Crippen molar-refractivity contribution in [3.8, 4) is 0 Å². The number of ether oxygens (including phenoxy) is 5. The Morgan fingerprint density at radius 1 is 0.183 bits per heavy atom. The molecule has 5 heterocycles. The first-order valence-electron chi connectivity index (χ1n) is 58.6. The average molecular weight is 2000 g/mol. The molecule has 0 aromatic heterocycles. The number of rotatable bonds is 71. The summed E-state index contributed by atoms with van der Waals surface area (Å²) in [5, 5.41) is 0. The van der Waals surface area contributed by atoms with E-state index in [-0.39, 0.29) is 88.4 Å². The zero-order valence-corrected chi connectivity index (χ0v) is 96.4. The Balaban J connectivity index is 1.53. The van der Waals surface area contributed by atoms with Crippen molar-refractivity contribution in [3.05, 3.63) is 0 Å². The summed E-state index contributed by atoms with van der Waals surface area (Å²) in [7, 11) is 0. The van der Waals surface area contributed by atoms with E-state index in [4.69, 9.17) is 23.7 Å². The van der Waals surface area contributed by atoms with Crippen molar-refractivity contribution in [2.45, 2.75) is 644 Å². The van der Waals surface area contributed by atoms with Gasteiger partial charge in [0.15, 0.2) is 0 Å². The SMILES string of the molecule is CCCCCCCCCCCC(=O)N1C(C)(C)CC(OC(=O)CN(CCN(CC(=O)OC2CC(C)(C)N(C(=O)CCCCCCCCCCC)C(C)(C)C2)CC(=O)OC2CC(C)(C)N(C(=O)CCCCCCCCCCC)C(C)(C)C2)CCN(CC(=O)OC2CC(C)(C)N(C(=O)CCCCCCCCCCC)C(C)(C)C2)CC(=O)OC2CC(C)(C)N(C(=O)CCCCCCCCCCC)C(C)(C)C2)CC1(C)C. The highest BCUT2D eigenvalue weighted by Crippen LogP contribution is 2.47. The fourth-order valence-electron chi connectivity index (χ4n) is 26.5. The summed E-state index contributed by atoms with van der Waals surface area (Å²) in [5.41, 5.74) is -6.80. The van der Waals surface area contributed by atoms with Crippen molar-refractivity contribution < 1.29 is 71.6 Å². The third kappa shape index (κ3) is 45.6. The number of esters is 5. The molecule has 5 saturated heterocycles. The minimum absolute atomic E-state index is 0.0184. The van der Waals surface area contributed by atoms with Gasteiger partial charge in [-0.1, -0.05) is 291 Å². The lowest BCUT2D eigenvalue weighted by molar-refractivity contribution is -0.173. The molecule has 142 heavy (non-hydrogen) atoms. The molecule has 0 unspecified atom stereocenters. The van der Waals surface area contributed by atoms with E-state index in [0.29, 0.717) is 96.3 Å². The zero-order chi connectivity index (χ0) is 106. The van der Waals surface area contributed by atoms with Crippen LogP contribution in [0.15, 0.2) is 0 Å². The topological polar surface area (TPSA) is 243 Å². The second-order valence-electron chi connectivity index (χ2n) is 51.0. The third-order valence-corrected chi connectivity index (χ3v) is 31.8. The first-order valence-corrected chi connectivity index (χ1v) is 58.6. The third-order valence-electron chi connectivity index (χ3n) is 31.8. The zero-order valence-electron chi connectivity index (χ0n) is 96.4. The van der Waals surface area contributed by atoms with Crippen molar-refractivity contribution in [3.63, 3.8) is 0 Å². The molecule has 23 nitrogen and oxygen atoms in total. The predicted molar refractivity (Wildman–Crippen MR) is 579 cm³/mol. The molecule has 5 fully saturated rings. The predicted octanol–water partition coefficient (Wildman–Crippen LogP) is 27.0. The van der Waals surface area contributed by atoms with Crippen molar-refractivity contribution in [1.29, 1.82) is 0 Å². The van der Waals surface area contributed by atoms with E-state index in [1.807, 2.05) is 140 Å². The number of hydrogen-bond donors (Lipinski definition) is 0. The number of carbonyl (C=O) groups excluding carboxylic acids is 10. The van der Waals surface area contributed by atoms with Crippen LogP contribution in [0.1, 0.15) is 558 Å². The standard InChI is InChI=1S/C119H218N8O15/c1-26-31-36-41-46-51-56-61-66-71-100(128)123-110(6,7)80-95(81-111(123,8)9)138-105(133)90-120(76-78-121(91-106(134)139-96-82-112(10,11)124(113(12,13)83-96)101(129)72-67-62-57-52-47-42-37-32-27-2)92-107(135)140-97-84-114(14,15)125(115(16,17)85-97)102(130)73-68-63-58-53-48-43-38-33-28-3)77-79-122(93-108(136)141-98-86-116(18,19)126(117(20,21)87-98)103(131)74-69-64-59-54-49-44-39-34-29-4)94-109(137)142-99-88-118(22,23)127(119(24,25)89-99)104(132)75-70-65-60-55-50-45-40-35-30-5/h95-99H,26-94H2,1-25H3. The summed E-state index contributed by atoms with van der Waals surface area (Å²) in [5.74, 6) is -2.39. The Morgan fingerprint density at radius 2 is 0.296 bits per heavy atom. The second kappa shape index (κ2) is 62.9. The van der Waals surface area contributed by atoms with E-state index < -0.39 is 116 Å². The maximum Gasteiger partial charge on any atom is 0.320 e. The molecule has 5 rings (SSSR count). The quantitative estimate of drug-likeness (QED) is 0.0312.